The normalized spacial score (nSPS) is 12.4. The number of aromatic nitrogens is 1. The minimum atomic E-state index is -0.418. The van der Waals surface area contributed by atoms with E-state index in [2.05, 4.69) is 10.3 Å². The highest BCUT2D eigenvalue weighted by molar-refractivity contribution is 5.34. The van der Waals surface area contributed by atoms with E-state index in [1.54, 1.807) is 18.3 Å². The summed E-state index contributed by atoms with van der Waals surface area (Å²) >= 11 is 0. The zero-order valence-electron chi connectivity index (χ0n) is 11.7. The number of benzene rings is 1. The SMILES string of the molecule is CCCNC(c1cncc(F)c1)c1cc(C)ccc1F. The average molecular weight is 276 g/mol. The molecule has 0 amide bonds. The topological polar surface area (TPSA) is 24.9 Å². The number of halogens is 2. The molecule has 2 rings (SSSR count). The molecule has 0 radical (unpaired) electrons. The second-order valence-corrected chi connectivity index (χ2v) is 4.85. The molecular formula is C16H18F2N2. The fourth-order valence-electron chi connectivity index (χ4n) is 2.17. The molecule has 1 aromatic heterocycles. The maximum atomic E-state index is 14.1. The van der Waals surface area contributed by atoms with Crippen molar-refractivity contribution in [1.82, 2.24) is 10.3 Å². The van der Waals surface area contributed by atoms with E-state index in [-0.39, 0.29) is 5.82 Å². The zero-order chi connectivity index (χ0) is 14.5. The first-order valence-corrected chi connectivity index (χ1v) is 6.71. The minimum Gasteiger partial charge on any atom is -0.306 e. The van der Waals surface area contributed by atoms with Gasteiger partial charge in [-0.25, -0.2) is 8.78 Å². The van der Waals surface area contributed by atoms with Crippen molar-refractivity contribution < 1.29 is 8.78 Å². The van der Waals surface area contributed by atoms with Crippen LogP contribution in [0.4, 0.5) is 8.78 Å². The molecule has 1 aromatic carbocycles. The van der Waals surface area contributed by atoms with E-state index in [1.807, 2.05) is 13.8 Å². The lowest BCUT2D eigenvalue weighted by Crippen LogP contribution is -2.24. The first-order chi connectivity index (χ1) is 9.61. The summed E-state index contributed by atoms with van der Waals surface area (Å²) in [5.74, 6) is -0.715. The van der Waals surface area contributed by atoms with Crippen molar-refractivity contribution >= 4 is 0 Å². The summed E-state index contributed by atoms with van der Waals surface area (Å²) in [6.45, 7) is 4.65. The van der Waals surface area contributed by atoms with Crippen LogP contribution in [0.25, 0.3) is 0 Å². The molecule has 0 aliphatic carbocycles. The summed E-state index contributed by atoms with van der Waals surface area (Å²) in [6, 6.07) is 5.95. The average Bonchev–Trinajstić information content (AvgIpc) is 2.43. The number of hydrogen-bond acceptors (Lipinski definition) is 2. The second-order valence-electron chi connectivity index (χ2n) is 4.85. The number of nitrogens with one attached hydrogen (secondary N) is 1. The third kappa shape index (κ3) is 3.39. The van der Waals surface area contributed by atoms with Crippen LogP contribution in [0.15, 0.2) is 36.7 Å². The molecule has 1 atom stereocenters. The second kappa shape index (κ2) is 6.57. The van der Waals surface area contributed by atoms with Crippen molar-refractivity contribution in [1.29, 1.82) is 0 Å². The summed E-state index contributed by atoms with van der Waals surface area (Å²) in [6.07, 6.45) is 3.62. The predicted octanol–water partition coefficient (Wildman–Crippen LogP) is 3.76. The van der Waals surface area contributed by atoms with Crippen LogP contribution in [0.2, 0.25) is 0 Å². The van der Waals surface area contributed by atoms with Gasteiger partial charge in [0.25, 0.3) is 0 Å². The van der Waals surface area contributed by atoms with Crippen molar-refractivity contribution in [2.45, 2.75) is 26.3 Å². The van der Waals surface area contributed by atoms with Crippen LogP contribution in [-0.4, -0.2) is 11.5 Å². The molecule has 0 aliphatic rings. The van der Waals surface area contributed by atoms with Gasteiger partial charge in [0.2, 0.25) is 0 Å². The molecule has 106 valence electrons. The quantitative estimate of drug-likeness (QED) is 0.899. The van der Waals surface area contributed by atoms with E-state index in [0.29, 0.717) is 17.7 Å². The molecule has 4 heteroatoms. The van der Waals surface area contributed by atoms with Crippen LogP contribution in [0.3, 0.4) is 0 Å². The van der Waals surface area contributed by atoms with E-state index in [4.69, 9.17) is 0 Å². The first kappa shape index (κ1) is 14.6. The lowest BCUT2D eigenvalue weighted by atomic mass is 9.97. The van der Waals surface area contributed by atoms with Crippen LogP contribution in [0.5, 0.6) is 0 Å². The molecule has 2 aromatic rings. The van der Waals surface area contributed by atoms with Gasteiger partial charge >= 0.3 is 0 Å². The number of pyridine rings is 1. The van der Waals surface area contributed by atoms with Crippen LogP contribution in [-0.2, 0) is 0 Å². The summed E-state index contributed by atoms with van der Waals surface area (Å²) in [4.78, 5) is 3.85. The largest absolute Gasteiger partial charge is 0.306 e. The number of aryl methyl sites for hydroxylation is 1. The Kier molecular flexibility index (Phi) is 4.79. The maximum Gasteiger partial charge on any atom is 0.141 e. The molecule has 0 fully saturated rings. The van der Waals surface area contributed by atoms with Crippen molar-refractivity contribution in [3.63, 3.8) is 0 Å². The Morgan fingerprint density at radius 2 is 2.00 bits per heavy atom. The van der Waals surface area contributed by atoms with E-state index in [1.165, 1.54) is 12.1 Å². The van der Waals surface area contributed by atoms with Gasteiger partial charge in [0, 0.05) is 11.8 Å². The van der Waals surface area contributed by atoms with Crippen molar-refractivity contribution in [3.8, 4) is 0 Å². The molecule has 0 saturated carbocycles. The van der Waals surface area contributed by atoms with E-state index >= 15 is 0 Å². The van der Waals surface area contributed by atoms with Gasteiger partial charge in [0.15, 0.2) is 0 Å². The van der Waals surface area contributed by atoms with Gasteiger partial charge in [-0.2, -0.15) is 0 Å². The van der Waals surface area contributed by atoms with Crippen molar-refractivity contribution in [2.24, 2.45) is 0 Å². The van der Waals surface area contributed by atoms with Crippen LogP contribution >= 0.6 is 0 Å². The number of hydrogen-bond donors (Lipinski definition) is 1. The van der Waals surface area contributed by atoms with Crippen molar-refractivity contribution in [2.75, 3.05) is 6.54 Å². The number of rotatable bonds is 5. The highest BCUT2D eigenvalue weighted by Crippen LogP contribution is 2.25. The summed E-state index contributed by atoms with van der Waals surface area (Å²) in [5.41, 5.74) is 2.11. The molecule has 1 heterocycles. The predicted molar refractivity (Wildman–Crippen MR) is 75.5 cm³/mol. The zero-order valence-corrected chi connectivity index (χ0v) is 11.7. The summed E-state index contributed by atoms with van der Waals surface area (Å²) in [7, 11) is 0. The molecule has 20 heavy (non-hydrogen) atoms. The Bertz CT molecular complexity index is 584. The fraction of sp³-hybridized carbons (Fsp3) is 0.312. The van der Waals surface area contributed by atoms with Gasteiger partial charge < -0.3 is 5.32 Å². The number of nitrogens with zero attached hydrogens (tertiary/aromatic N) is 1. The minimum absolute atomic E-state index is 0.298. The van der Waals surface area contributed by atoms with E-state index in [9.17, 15) is 8.78 Å². The lowest BCUT2D eigenvalue weighted by molar-refractivity contribution is 0.540. The van der Waals surface area contributed by atoms with Gasteiger partial charge in [-0.3, -0.25) is 4.98 Å². The standard InChI is InChI=1S/C16H18F2N2/c1-3-6-20-16(12-8-13(17)10-19-9-12)14-7-11(2)4-5-15(14)18/h4-5,7-10,16,20H,3,6H2,1-2H3. The summed E-state index contributed by atoms with van der Waals surface area (Å²) in [5, 5.41) is 3.25. The maximum absolute atomic E-state index is 14.1. The Labute approximate surface area is 117 Å². The monoisotopic (exact) mass is 276 g/mol. The fourth-order valence-corrected chi connectivity index (χ4v) is 2.17. The Morgan fingerprint density at radius 1 is 1.20 bits per heavy atom. The highest BCUT2D eigenvalue weighted by atomic mass is 19.1. The molecule has 0 spiro atoms. The molecule has 0 bridgehead atoms. The molecule has 1 N–H and O–H groups in total. The Hall–Kier alpha value is -1.81. The smallest absolute Gasteiger partial charge is 0.141 e. The third-order valence-corrected chi connectivity index (χ3v) is 3.12. The molecule has 0 saturated heterocycles. The Morgan fingerprint density at radius 3 is 2.70 bits per heavy atom. The Balaban J connectivity index is 2.44. The highest BCUT2D eigenvalue weighted by Gasteiger charge is 2.18. The summed E-state index contributed by atoms with van der Waals surface area (Å²) < 4.78 is 27.4. The first-order valence-electron chi connectivity index (χ1n) is 6.71. The molecule has 1 unspecified atom stereocenters. The van der Waals surface area contributed by atoms with Gasteiger partial charge in [-0.15, -0.1) is 0 Å². The molecule has 0 aliphatic heterocycles. The van der Waals surface area contributed by atoms with E-state index in [0.717, 1.165) is 18.2 Å². The third-order valence-electron chi connectivity index (χ3n) is 3.12. The van der Waals surface area contributed by atoms with Crippen LogP contribution in [0, 0.1) is 18.6 Å². The van der Waals surface area contributed by atoms with Crippen molar-refractivity contribution in [3.05, 3.63) is 65.0 Å². The van der Waals surface area contributed by atoms with Gasteiger partial charge in [-0.05, 0) is 37.6 Å². The van der Waals surface area contributed by atoms with Crippen LogP contribution < -0.4 is 5.32 Å². The lowest BCUT2D eigenvalue weighted by Gasteiger charge is -2.20. The molecule has 2 nitrogen and oxygen atoms in total. The molecular weight excluding hydrogens is 258 g/mol. The van der Waals surface area contributed by atoms with Gasteiger partial charge in [0.1, 0.15) is 11.6 Å². The van der Waals surface area contributed by atoms with E-state index < -0.39 is 11.9 Å². The van der Waals surface area contributed by atoms with Gasteiger partial charge in [-0.1, -0.05) is 24.6 Å². The van der Waals surface area contributed by atoms with Gasteiger partial charge in [0.05, 0.1) is 12.2 Å². The van der Waals surface area contributed by atoms with Crippen LogP contribution in [0.1, 0.15) is 36.1 Å².